The number of aromatic carboxylic acids is 1. The Kier molecular flexibility index (Phi) is 4.41. The highest BCUT2D eigenvalue weighted by molar-refractivity contribution is 7.77. The van der Waals surface area contributed by atoms with E-state index < -0.39 is 17.2 Å². The number of rotatable bonds is 5. The van der Waals surface area contributed by atoms with E-state index in [1.54, 1.807) is 12.1 Å². The van der Waals surface area contributed by atoms with Crippen molar-refractivity contribution in [2.75, 3.05) is 6.54 Å². The van der Waals surface area contributed by atoms with Gasteiger partial charge in [0.25, 0.3) is 0 Å². The summed E-state index contributed by atoms with van der Waals surface area (Å²) < 4.78 is 21.0. The second kappa shape index (κ2) is 5.59. The van der Waals surface area contributed by atoms with Gasteiger partial charge >= 0.3 is 5.97 Å². The predicted octanol–water partition coefficient (Wildman–Crippen LogP) is 0.654. The quantitative estimate of drug-likeness (QED) is 0.647. The molecule has 0 aliphatic rings. The van der Waals surface area contributed by atoms with Gasteiger partial charge in [-0.25, -0.2) is 13.7 Å². The molecule has 3 N–H and O–H groups in total. The first-order chi connectivity index (χ1) is 7.09. The zero-order valence-corrected chi connectivity index (χ0v) is 8.66. The summed E-state index contributed by atoms with van der Waals surface area (Å²) in [5, 5.41) is 8.64. The molecule has 0 heterocycles. The first kappa shape index (κ1) is 11.8. The molecule has 0 saturated carbocycles. The zero-order chi connectivity index (χ0) is 11.3. The Labute approximate surface area is 89.5 Å². The van der Waals surface area contributed by atoms with Gasteiger partial charge in [0.15, 0.2) is 0 Å². The Bertz CT molecular complexity index is 363. The van der Waals surface area contributed by atoms with Crippen molar-refractivity contribution in [2.24, 2.45) is 0 Å². The number of benzene rings is 1. The molecule has 0 aliphatic carbocycles. The van der Waals surface area contributed by atoms with Gasteiger partial charge in [-0.1, -0.05) is 12.1 Å². The van der Waals surface area contributed by atoms with Crippen molar-refractivity contribution in [3.8, 4) is 0 Å². The Hall–Kier alpha value is -1.24. The summed E-state index contributed by atoms with van der Waals surface area (Å²) in [6.07, 6.45) is 0.576. The Morgan fingerprint density at radius 3 is 2.40 bits per heavy atom. The fourth-order valence-electron chi connectivity index (χ4n) is 1.10. The van der Waals surface area contributed by atoms with Crippen molar-refractivity contribution < 1.29 is 18.7 Å². The van der Waals surface area contributed by atoms with E-state index in [9.17, 15) is 9.00 Å². The van der Waals surface area contributed by atoms with E-state index in [0.717, 1.165) is 5.56 Å². The number of hydrogen-bond donors (Lipinski definition) is 3. The van der Waals surface area contributed by atoms with Crippen LogP contribution in [0.15, 0.2) is 24.3 Å². The highest BCUT2D eigenvalue weighted by Crippen LogP contribution is 2.04. The van der Waals surface area contributed by atoms with Crippen molar-refractivity contribution in [3.63, 3.8) is 0 Å². The second-order valence-corrected chi connectivity index (χ2v) is 3.68. The number of hydrogen-bond acceptors (Lipinski definition) is 2. The summed E-state index contributed by atoms with van der Waals surface area (Å²) >= 11 is -2.00. The minimum absolute atomic E-state index is 0.234. The van der Waals surface area contributed by atoms with E-state index in [1.165, 1.54) is 12.1 Å². The van der Waals surface area contributed by atoms with Gasteiger partial charge in [0.05, 0.1) is 5.56 Å². The molecule has 0 fully saturated rings. The van der Waals surface area contributed by atoms with Gasteiger partial charge in [-0.05, 0) is 24.1 Å². The lowest BCUT2D eigenvalue weighted by atomic mass is 10.1. The molecule has 1 rings (SSSR count). The van der Waals surface area contributed by atoms with Gasteiger partial charge in [-0.15, -0.1) is 0 Å². The van der Waals surface area contributed by atoms with Crippen LogP contribution in [0.4, 0.5) is 0 Å². The minimum atomic E-state index is -2.00. The van der Waals surface area contributed by atoms with Crippen LogP contribution >= 0.6 is 0 Å². The molecule has 0 amide bonds. The lowest BCUT2D eigenvalue weighted by Gasteiger charge is -2.01. The summed E-state index contributed by atoms with van der Waals surface area (Å²) in [4.78, 5) is 10.5. The van der Waals surface area contributed by atoms with Crippen molar-refractivity contribution in [2.45, 2.75) is 6.42 Å². The third-order valence-electron chi connectivity index (χ3n) is 1.84. The summed E-state index contributed by atoms with van der Waals surface area (Å²) in [6, 6.07) is 6.39. The van der Waals surface area contributed by atoms with Gasteiger partial charge < -0.3 is 5.11 Å². The number of carbonyl (C=O) groups is 1. The molecule has 82 valence electrons. The van der Waals surface area contributed by atoms with Crippen LogP contribution < -0.4 is 4.72 Å². The molecule has 1 atom stereocenters. The van der Waals surface area contributed by atoms with E-state index in [-0.39, 0.29) is 5.56 Å². The highest BCUT2D eigenvalue weighted by Gasteiger charge is 2.01. The molecule has 5 nitrogen and oxygen atoms in total. The third-order valence-corrected chi connectivity index (χ3v) is 2.29. The first-order valence-electron chi connectivity index (χ1n) is 4.26. The summed E-state index contributed by atoms with van der Waals surface area (Å²) in [6.45, 7) is 0.371. The maximum Gasteiger partial charge on any atom is 0.335 e. The van der Waals surface area contributed by atoms with Gasteiger partial charge in [0.2, 0.25) is 11.3 Å². The van der Waals surface area contributed by atoms with Crippen LogP contribution in [0.2, 0.25) is 0 Å². The minimum Gasteiger partial charge on any atom is -0.478 e. The van der Waals surface area contributed by atoms with Crippen LogP contribution in [0.5, 0.6) is 0 Å². The fourth-order valence-corrected chi connectivity index (χ4v) is 1.37. The molecular formula is C9H11NO4S. The summed E-state index contributed by atoms with van der Waals surface area (Å²) in [7, 11) is 0. The maximum atomic E-state index is 10.5. The largest absolute Gasteiger partial charge is 0.478 e. The molecule has 1 aromatic carbocycles. The molecule has 0 aromatic heterocycles. The second-order valence-electron chi connectivity index (χ2n) is 2.90. The van der Waals surface area contributed by atoms with E-state index in [4.69, 9.17) is 9.66 Å². The van der Waals surface area contributed by atoms with Crippen molar-refractivity contribution in [1.29, 1.82) is 0 Å². The van der Waals surface area contributed by atoms with Gasteiger partial charge in [0, 0.05) is 6.54 Å². The third kappa shape index (κ3) is 4.20. The highest BCUT2D eigenvalue weighted by atomic mass is 32.2. The van der Waals surface area contributed by atoms with Gasteiger partial charge in [-0.3, -0.25) is 4.55 Å². The van der Waals surface area contributed by atoms with E-state index in [0.29, 0.717) is 13.0 Å². The molecular weight excluding hydrogens is 218 g/mol. The van der Waals surface area contributed by atoms with Crippen LogP contribution in [0.1, 0.15) is 15.9 Å². The Morgan fingerprint density at radius 2 is 1.93 bits per heavy atom. The lowest BCUT2D eigenvalue weighted by molar-refractivity contribution is 0.0697. The standard InChI is InChI=1S/C9H11NO4S/c11-9(12)8-3-1-7(2-4-8)5-6-10-15(13)14/h1-4,10H,5-6H2,(H,11,12)(H,13,14). The Balaban J connectivity index is 2.50. The molecule has 15 heavy (non-hydrogen) atoms. The van der Waals surface area contributed by atoms with Gasteiger partial charge in [-0.2, -0.15) is 0 Å². The van der Waals surface area contributed by atoms with Crippen molar-refractivity contribution in [3.05, 3.63) is 35.4 Å². The lowest BCUT2D eigenvalue weighted by Crippen LogP contribution is -2.19. The molecule has 0 radical (unpaired) electrons. The first-order valence-corrected chi connectivity index (χ1v) is 5.37. The Morgan fingerprint density at radius 1 is 1.33 bits per heavy atom. The van der Waals surface area contributed by atoms with E-state index >= 15 is 0 Å². The smallest absolute Gasteiger partial charge is 0.335 e. The normalized spacial score (nSPS) is 12.3. The molecule has 1 aromatic rings. The fraction of sp³-hybridized carbons (Fsp3) is 0.222. The average molecular weight is 229 g/mol. The van der Waals surface area contributed by atoms with Crippen molar-refractivity contribution >= 4 is 17.2 Å². The molecule has 0 bridgehead atoms. The van der Waals surface area contributed by atoms with Crippen LogP contribution in [-0.2, 0) is 17.7 Å². The van der Waals surface area contributed by atoms with Gasteiger partial charge in [0.1, 0.15) is 0 Å². The van der Waals surface area contributed by atoms with Crippen LogP contribution in [0.3, 0.4) is 0 Å². The number of carboxylic acid groups (broad SMARTS) is 1. The number of carboxylic acids is 1. The zero-order valence-electron chi connectivity index (χ0n) is 7.84. The van der Waals surface area contributed by atoms with Crippen LogP contribution in [0.25, 0.3) is 0 Å². The maximum absolute atomic E-state index is 10.5. The number of nitrogens with one attached hydrogen (secondary N) is 1. The predicted molar refractivity (Wildman–Crippen MR) is 55.9 cm³/mol. The SMILES string of the molecule is O=C(O)c1ccc(CCNS(=O)O)cc1. The average Bonchev–Trinajstić information content (AvgIpc) is 2.18. The van der Waals surface area contributed by atoms with E-state index in [2.05, 4.69) is 4.72 Å². The molecule has 0 saturated heterocycles. The molecule has 6 heteroatoms. The topological polar surface area (TPSA) is 86.6 Å². The summed E-state index contributed by atoms with van der Waals surface area (Å²) in [5.41, 5.74) is 1.15. The van der Waals surface area contributed by atoms with E-state index in [1.807, 2.05) is 0 Å². The molecule has 1 unspecified atom stereocenters. The van der Waals surface area contributed by atoms with Crippen molar-refractivity contribution in [1.82, 2.24) is 4.72 Å². The summed E-state index contributed by atoms with van der Waals surface area (Å²) in [5.74, 6) is -0.962. The van der Waals surface area contributed by atoms with Crippen LogP contribution in [0, 0.1) is 0 Å². The monoisotopic (exact) mass is 229 g/mol. The molecule has 0 aliphatic heterocycles. The van der Waals surface area contributed by atoms with Crippen LogP contribution in [-0.4, -0.2) is 26.4 Å². The molecule has 0 spiro atoms.